The zero-order valence-corrected chi connectivity index (χ0v) is 18.6. The fraction of sp³-hybridized carbons (Fsp3) is 0.609. The quantitative estimate of drug-likeness (QED) is 0.692. The lowest BCUT2D eigenvalue weighted by Gasteiger charge is -2.42. The average molecular weight is 432 g/mol. The molecule has 1 saturated heterocycles. The molecule has 0 saturated carbocycles. The Morgan fingerprint density at radius 1 is 1.16 bits per heavy atom. The number of rotatable bonds is 7. The summed E-state index contributed by atoms with van der Waals surface area (Å²) in [5, 5.41) is 5.72. The minimum absolute atomic E-state index is 0.00973. The van der Waals surface area contributed by atoms with E-state index in [0.717, 1.165) is 19.3 Å². The van der Waals surface area contributed by atoms with Gasteiger partial charge in [0.2, 0.25) is 11.8 Å². The Kier molecular flexibility index (Phi) is 7.90. The molecular weight excluding hydrogens is 398 g/mol. The number of benzene rings is 1. The summed E-state index contributed by atoms with van der Waals surface area (Å²) < 4.78 is 12.1. The van der Waals surface area contributed by atoms with Crippen LogP contribution in [-0.4, -0.2) is 61.1 Å². The van der Waals surface area contributed by atoms with Gasteiger partial charge in [0.05, 0.1) is 24.1 Å². The Hall–Kier alpha value is -2.61. The van der Waals surface area contributed by atoms with Gasteiger partial charge >= 0.3 is 0 Å². The second-order valence-corrected chi connectivity index (χ2v) is 8.23. The lowest BCUT2D eigenvalue weighted by Crippen LogP contribution is -2.54. The number of ether oxygens (including phenoxy) is 2. The van der Waals surface area contributed by atoms with Crippen molar-refractivity contribution in [2.75, 3.05) is 25.5 Å². The van der Waals surface area contributed by atoms with Gasteiger partial charge < -0.3 is 25.0 Å². The van der Waals surface area contributed by atoms with Crippen LogP contribution in [0.1, 0.15) is 62.7 Å². The summed E-state index contributed by atoms with van der Waals surface area (Å²) in [5.74, 6) is 0.212. The Labute approximate surface area is 183 Å². The molecule has 2 N–H and O–H groups in total. The van der Waals surface area contributed by atoms with Gasteiger partial charge in [-0.15, -0.1) is 0 Å². The highest BCUT2D eigenvalue weighted by atomic mass is 16.5. The van der Waals surface area contributed by atoms with Crippen molar-refractivity contribution in [3.8, 4) is 5.75 Å². The topological polar surface area (TPSA) is 97.0 Å². The Morgan fingerprint density at radius 2 is 1.97 bits per heavy atom. The maximum Gasteiger partial charge on any atom is 0.257 e. The second kappa shape index (κ2) is 10.6. The summed E-state index contributed by atoms with van der Waals surface area (Å²) in [6, 6.07) is 4.99. The maximum atomic E-state index is 13.2. The molecule has 1 aromatic rings. The van der Waals surface area contributed by atoms with Gasteiger partial charge in [0, 0.05) is 25.7 Å². The molecule has 8 heteroatoms. The lowest BCUT2D eigenvalue weighted by atomic mass is 9.94. The van der Waals surface area contributed by atoms with Crippen molar-refractivity contribution >= 4 is 23.4 Å². The number of anilines is 1. The van der Waals surface area contributed by atoms with Crippen molar-refractivity contribution in [3.63, 3.8) is 0 Å². The highest BCUT2D eigenvalue weighted by molar-refractivity contribution is 5.99. The molecule has 0 bridgehead atoms. The summed E-state index contributed by atoms with van der Waals surface area (Å²) in [7, 11) is 1.77. The fourth-order valence-electron chi connectivity index (χ4n) is 4.10. The van der Waals surface area contributed by atoms with Crippen LogP contribution in [-0.2, 0) is 14.3 Å². The number of carbonyl (C=O) groups is 3. The molecule has 31 heavy (non-hydrogen) atoms. The summed E-state index contributed by atoms with van der Waals surface area (Å²) in [6.45, 7) is 4.91. The van der Waals surface area contributed by atoms with Gasteiger partial charge in [0.15, 0.2) is 0 Å². The van der Waals surface area contributed by atoms with Gasteiger partial charge in [-0.3, -0.25) is 14.4 Å². The number of fused-ring (bicyclic) bond motifs is 2. The van der Waals surface area contributed by atoms with Crippen LogP contribution < -0.4 is 15.4 Å². The molecule has 8 nitrogen and oxygen atoms in total. The van der Waals surface area contributed by atoms with E-state index in [9.17, 15) is 14.4 Å². The number of likely N-dealkylation sites (N-methyl/N-ethyl adjacent to an activating group) is 1. The first-order valence-electron chi connectivity index (χ1n) is 11.2. The number of nitrogens with zero attached hydrogens (tertiary/aromatic N) is 1. The van der Waals surface area contributed by atoms with Crippen LogP contribution in [0.4, 0.5) is 5.69 Å². The third-order valence-corrected chi connectivity index (χ3v) is 5.76. The molecule has 2 heterocycles. The van der Waals surface area contributed by atoms with Crippen LogP contribution >= 0.6 is 0 Å². The third kappa shape index (κ3) is 5.76. The Balaban J connectivity index is 1.71. The standard InChI is InChI=1S/C23H33N3O5/c1-4-6-21(27)25-15-7-10-19-17(12-15)23(29)26(3)18-9-8-16(31-20(18)14-30-19)13-22(28)24-11-5-2/h7,10,12,16,18,20H,4-6,8-9,11,13-14H2,1-3H3,(H,24,28)(H,25,27)/t16-,18-,20+/m1/s1. The first kappa shape index (κ1) is 23.1. The van der Waals surface area contributed by atoms with Gasteiger partial charge in [-0.1, -0.05) is 13.8 Å². The van der Waals surface area contributed by atoms with Gasteiger partial charge in [-0.25, -0.2) is 0 Å². The summed E-state index contributed by atoms with van der Waals surface area (Å²) in [6.07, 6.45) is 3.36. The third-order valence-electron chi connectivity index (χ3n) is 5.76. The van der Waals surface area contributed by atoms with E-state index in [1.807, 2.05) is 13.8 Å². The number of amides is 3. The van der Waals surface area contributed by atoms with Crippen molar-refractivity contribution in [3.05, 3.63) is 23.8 Å². The van der Waals surface area contributed by atoms with E-state index in [1.54, 1.807) is 30.1 Å². The minimum atomic E-state index is -0.302. The average Bonchev–Trinajstić information content (AvgIpc) is 2.75. The van der Waals surface area contributed by atoms with Gasteiger partial charge in [0.1, 0.15) is 18.5 Å². The minimum Gasteiger partial charge on any atom is -0.490 e. The van der Waals surface area contributed by atoms with Crippen LogP contribution in [0.25, 0.3) is 0 Å². The molecule has 2 aliphatic rings. The predicted octanol–water partition coefficient (Wildman–Crippen LogP) is 2.72. The van der Waals surface area contributed by atoms with E-state index in [4.69, 9.17) is 9.47 Å². The van der Waals surface area contributed by atoms with E-state index >= 15 is 0 Å². The zero-order chi connectivity index (χ0) is 22.4. The zero-order valence-electron chi connectivity index (χ0n) is 18.6. The van der Waals surface area contributed by atoms with Crippen LogP contribution in [0.5, 0.6) is 5.75 Å². The van der Waals surface area contributed by atoms with E-state index in [0.29, 0.717) is 49.4 Å². The van der Waals surface area contributed by atoms with Crippen molar-refractivity contribution in [2.24, 2.45) is 0 Å². The molecule has 2 aliphatic heterocycles. The monoisotopic (exact) mass is 431 g/mol. The summed E-state index contributed by atoms with van der Waals surface area (Å²) >= 11 is 0. The first-order valence-corrected chi connectivity index (χ1v) is 11.2. The van der Waals surface area contributed by atoms with Crippen molar-refractivity contribution in [1.29, 1.82) is 0 Å². The molecule has 0 spiro atoms. The number of carbonyl (C=O) groups excluding carboxylic acids is 3. The summed E-state index contributed by atoms with van der Waals surface area (Å²) in [5.41, 5.74) is 1.01. The maximum absolute atomic E-state index is 13.2. The molecule has 3 rings (SSSR count). The van der Waals surface area contributed by atoms with Gasteiger partial charge in [-0.2, -0.15) is 0 Å². The highest BCUT2D eigenvalue weighted by Gasteiger charge is 2.39. The molecule has 0 radical (unpaired) electrons. The number of hydrogen-bond acceptors (Lipinski definition) is 5. The highest BCUT2D eigenvalue weighted by Crippen LogP contribution is 2.32. The molecule has 0 unspecified atom stereocenters. The summed E-state index contributed by atoms with van der Waals surface area (Å²) in [4.78, 5) is 38.9. The molecule has 3 amide bonds. The largest absolute Gasteiger partial charge is 0.490 e. The molecule has 1 aromatic carbocycles. The van der Waals surface area contributed by atoms with Crippen molar-refractivity contribution in [2.45, 2.75) is 70.6 Å². The smallest absolute Gasteiger partial charge is 0.257 e. The molecular formula is C23H33N3O5. The number of hydrogen-bond donors (Lipinski definition) is 2. The molecule has 0 aliphatic carbocycles. The number of nitrogens with one attached hydrogen (secondary N) is 2. The van der Waals surface area contributed by atoms with Crippen molar-refractivity contribution in [1.82, 2.24) is 10.2 Å². The Bertz CT molecular complexity index is 812. The predicted molar refractivity (Wildman–Crippen MR) is 117 cm³/mol. The van der Waals surface area contributed by atoms with Gasteiger partial charge in [0.25, 0.3) is 5.91 Å². The van der Waals surface area contributed by atoms with Gasteiger partial charge in [-0.05, 0) is 43.9 Å². The van der Waals surface area contributed by atoms with Crippen LogP contribution in [0.2, 0.25) is 0 Å². The lowest BCUT2D eigenvalue weighted by molar-refractivity contribution is -0.134. The normalized spacial score (nSPS) is 23.0. The van der Waals surface area contributed by atoms with E-state index < -0.39 is 0 Å². The van der Waals surface area contributed by atoms with E-state index in [2.05, 4.69) is 10.6 Å². The van der Waals surface area contributed by atoms with Crippen LogP contribution in [0.15, 0.2) is 18.2 Å². The van der Waals surface area contributed by atoms with Crippen molar-refractivity contribution < 1.29 is 23.9 Å². The van der Waals surface area contributed by atoms with Crippen LogP contribution in [0.3, 0.4) is 0 Å². The SMILES string of the molecule is CCCNC(=O)C[C@H]1CC[C@@H]2[C@H](COc3ccc(NC(=O)CCC)cc3C(=O)N2C)O1. The fourth-order valence-corrected chi connectivity index (χ4v) is 4.10. The second-order valence-electron chi connectivity index (χ2n) is 8.23. The van der Waals surface area contributed by atoms with E-state index in [-0.39, 0.29) is 36.0 Å². The molecule has 0 aromatic heterocycles. The molecule has 1 fully saturated rings. The van der Waals surface area contributed by atoms with Crippen LogP contribution in [0, 0.1) is 0 Å². The Morgan fingerprint density at radius 3 is 2.71 bits per heavy atom. The van der Waals surface area contributed by atoms with E-state index in [1.165, 1.54) is 0 Å². The first-order chi connectivity index (χ1) is 14.9. The molecule has 3 atom stereocenters. The molecule has 170 valence electrons.